The number of sulfonamides is 1. The summed E-state index contributed by atoms with van der Waals surface area (Å²) in [7, 11) is 0.0515. The van der Waals surface area contributed by atoms with Crippen LogP contribution in [0.15, 0.2) is 29.2 Å². The van der Waals surface area contributed by atoms with Crippen molar-refractivity contribution in [1.82, 2.24) is 9.21 Å². The molecular weight excluding hydrogens is 326 g/mol. The summed E-state index contributed by atoms with van der Waals surface area (Å²) in [5, 5.41) is 1.98. The summed E-state index contributed by atoms with van der Waals surface area (Å²) in [6, 6.07) is 6.81. The van der Waals surface area contributed by atoms with Crippen LogP contribution in [0.1, 0.15) is 39.3 Å². The third-order valence-electron chi connectivity index (χ3n) is 4.16. The van der Waals surface area contributed by atoms with Gasteiger partial charge in [-0.25, -0.2) is 8.42 Å². The first-order valence-electron chi connectivity index (χ1n) is 8.31. The first-order chi connectivity index (χ1) is 11.1. The van der Waals surface area contributed by atoms with Crippen molar-refractivity contribution >= 4 is 15.9 Å². The monoisotopic (exact) mass is 356 g/mol. The molecule has 24 heavy (non-hydrogen) atoms. The molecule has 0 bridgehead atoms. The van der Waals surface area contributed by atoms with Crippen LogP contribution >= 0.6 is 0 Å². The van der Waals surface area contributed by atoms with Gasteiger partial charge in [0.05, 0.1) is 4.90 Å². The minimum absolute atomic E-state index is 0.0579. The second-order valence-corrected chi connectivity index (χ2v) is 8.10. The first kappa shape index (κ1) is 20.6. The predicted molar refractivity (Wildman–Crippen MR) is 95.0 cm³/mol. The standard InChI is InChI=1S/C17H29N3O3S/c1-7-20(8-2)24(22,23)16-11-9-15(10-12-16)13(3)18-14(4)17(21)19(5)6/h9-14,18H,7-8H2,1-6H3/p+1/t13-,14-/m0/s1. The zero-order valence-corrected chi connectivity index (χ0v) is 16.3. The summed E-state index contributed by atoms with van der Waals surface area (Å²) in [5.74, 6) is 0.0579. The molecule has 2 atom stereocenters. The number of likely N-dealkylation sites (N-methyl/N-ethyl adjacent to an activating group) is 1. The molecular formula is C17H30N3O3S+. The van der Waals surface area contributed by atoms with Gasteiger partial charge in [0.15, 0.2) is 6.04 Å². The van der Waals surface area contributed by atoms with E-state index in [9.17, 15) is 13.2 Å². The van der Waals surface area contributed by atoms with E-state index >= 15 is 0 Å². The van der Waals surface area contributed by atoms with E-state index in [1.807, 2.05) is 45.1 Å². The van der Waals surface area contributed by atoms with Crippen LogP contribution < -0.4 is 5.32 Å². The SMILES string of the molecule is CCN(CC)S(=O)(=O)c1ccc([C@H](C)[NH2+][C@@H](C)C(=O)N(C)C)cc1. The zero-order valence-electron chi connectivity index (χ0n) is 15.5. The lowest BCUT2D eigenvalue weighted by molar-refractivity contribution is -0.710. The smallest absolute Gasteiger partial charge is 0.279 e. The average Bonchev–Trinajstić information content (AvgIpc) is 2.54. The molecule has 0 aliphatic rings. The van der Waals surface area contributed by atoms with Gasteiger partial charge >= 0.3 is 0 Å². The summed E-state index contributed by atoms with van der Waals surface area (Å²) < 4.78 is 26.4. The molecule has 1 amide bonds. The van der Waals surface area contributed by atoms with Crippen LogP contribution in [0.3, 0.4) is 0 Å². The van der Waals surface area contributed by atoms with E-state index in [4.69, 9.17) is 0 Å². The van der Waals surface area contributed by atoms with Crippen LogP contribution in [0.2, 0.25) is 0 Å². The van der Waals surface area contributed by atoms with E-state index in [1.54, 1.807) is 31.1 Å². The van der Waals surface area contributed by atoms with Crippen LogP contribution in [0.4, 0.5) is 0 Å². The van der Waals surface area contributed by atoms with E-state index in [-0.39, 0.29) is 18.0 Å². The van der Waals surface area contributed by atoms with Crippen LogP contribution in [0, 0.1) is 0 Å². The molecule has 2 N–H and O–H groups in total. The molecule has 0 aromatic heterocycles. The van der Waals surface area contributed by atoms with Gasteiger partial charge in [0.25, 0.3) is 5.91 Å². The Kier molecular flexibility index (Phi) is 7.38. The number of nitrogens with zero attached hydrogens (tertiary/aromatic N) is 2. The Morgan fingerprint density at radius 3 is 2.00 bits per heavy atom. The normalized spacial score (nSPS) is 14.5. The second-order valence-electron chi connectivity index (χ2n) is 6.16. The second kappa shape index (κ2) is 8.60. The Morgan fingerprint density at radius 1 is 1.08 bits per heavy atom. The molecule has 0 radical (unpaired) electrons. The summed E-state index contributed by atoms with van der Waals surface area (Å²) in [4.78, 5) is 13.8. The minimum atomic E-state index is -3.43. The molecule has 1 aromatic carbocycles. The number of nitrogens with two attached hydrogens (primary N) is 1. The van der Waals surface area contributed by atoms with Gasteiger partial charge in [-0.3, -0.25) is 4.79 Å². The maximum Gasteiger partial charge on any atom is 0.279 e. The fourth-order valence-corrected chi connectivity index (χ4v) is 4.15. The number of amides is 1. The highest BCUT2D eigenvalue weighted by Crippen LogP contribution is 2.18. The largest absolute Gasteiger partial charge is 0.344 e. The van der Waals surface area contributed by atoms with Crippen molar-refractivity contribution in [3.05, 3.63) is 29.8 Å². The third-order valence-corrected chi connectivity index (χ3v) is 6.22. The Balaban J connectivity index is 2.89. The van der Waals surface area contributed by atoms with Crippen molar-refractivity contribution in [2.24, 2.45) is 0 Å². The number of benzene rings is 1. The van der Waals surface area contributed by atoms with Gasteiger partial charge in [-0.1, -0.05) is 26.0 Å². The molecule has 6 nitrogen and oxygen atoms in total. The number of hydrogen-bond donors (Lipinski definition) is 1. The summed E-state index contributed by atoms with van der Waals surface area (Å²) in [6.45, 7) is 8.44. The molecule has 0 spiro atoms. The van der Waals surface area contributed by atoms with E-state index < -0.39 is 10.0 Å². The molecule has 0 aliphatic heterocycles. The summed E-state index contributed by atoms with van der Waals surface area (Å²) in [5.41, 5.74) is 0.993. The molecule has 136 valence electrons. The fraction of sp³-hybridized carbons (Fsp3) is 0.588. The van der Waals surface area contributed by atoms with Gasteiger partial charge in [0.1, 0.15) is 6.04 Å². The molecule has 0 aliphatic carbocycles. The van der Waals surface area contributed by atoms with E-state index in [1.165, 1.54) is 4.31 Å². The number of rotatable bonds is 8. The summed E-state index contributed by atoms with van der Waals surface area (Å²) in [6.07, 6.45) is 0. The van der Waals surface area contributed by atoms with Crippen LogP contribution in [0.5, 0.6) is 0 Å². The predicted octanol–water partition coefficient (Wildman–Crippen LogP) is 0.818. The maximum absolute atomic E-state index is 12.5. The van der Waals surface area contributed by atoms with Gasteiger partial charge in [-0.2, -0.15) is 4.31 Å². The van der Waals surface area contributed by atoms with E-state index in [0.717, 1.165) is 5.56 Å². The highest BCUT2D eigenvalue weighted by Gasteiger charge is 2.24. The fourth-order valence-electron chi connectivity index (χ4n) is 2.69. The molecule has 0 fully saturated rings. The van der Waals surface area contributed by atoms with Crippen molar-refractivity contribution < 1.29 is 18.5 Å². The number of carbonyl (C=O) groups is 1. The lowest BCUT2D eigenvalue weighted by atomic mass is 10.1. The lowest BCUT2D eigenvalue weighted by Gasteiger charge is -2.20. The van der Waals surface area contributed by atoms with Crippen molar-refractivity contribution in [2.45, 2.75) is 44.7 Å². The quantitative estimate of drug-likeness (QED) is 0.749. The Hall–Kier alpha value is -1.44. The molecule has 0 heterocycles. The molecule has 0 unspecified atom stereocenters. The third kappa shape index (κ3) is 4.78. The zero-order chi connectivity index (χ0) is 18.5. The Labute approximate surface area is 145 Å². The van der Waals surface area contributed by atoms with Crippen molar-refractivity contribution in [1.29, 1.82) is 0 Å². The highest BCUT2D eigenvalue weighted by molar-refractivity contribution is 7.89. The Bertz CT molecular complexity index is 638. The number of carbonyl (C=O) groups excluding carboxylic acids is 1. The average molecular weight is 357 g/mol. The van der Waals surface area contributed by atoms with Crippen molar-refractivity contribution in [2.75, 3.05) is 27.2 Å². The van der Waals surface area contributed by atoms with Gasteiger partial charge in [-0.15, -0.1) is 0 Å². The summed E-state index contributed by atoms with van der Waals surface area (Å²) >= 11 is 0. The van der Waals surface area contributed by atoms with Gasteiger partial charge in [0.2, 0.25) is 10.0 Å². The van der Waals surface area contributed by atoms with Crippen molar-refractivity contribution in [3.63, 3.8) is 0 Å². The number of hydrogen-bond acceptors (Lipinski definition) is 3. The topological polar surface area (TPSA) is 74.3 Å². The first-order valence-corrected chi connectivity index (χ1v) is 9.75. The lowest BCUT2D eigenvalue weighted by Crippen LogP contribution is -2.92. The van der Waals surface area contributed by atoms with Crippen LogP contribution in [0.25, 0.3) is 0 Å². The Morgan fingerprint density at radius 2 is 1.58 bits per heavy atom. The van der Waals surface area contributed by atoms with Gasteiger partial charge < -0.3 is 10.2 Å². The van der Waals surface area contributed by atoms with E-state index in [2.05, 4.69) is 0 Å². The van der Waals surface area contributed by atoms with Gasteiger partial charge in [-0.05, 0) is 26.0 Å². The minimum Gasteiger partial charge on any atom is -0.344 e. The number of quaternary nitrogens is 1. The highest BCUT2D eigenvalue weighted by atomic mass is 32.2. The van der Waals surface area contributed by atoms with Crippen LogP contribution in [-0.4, -0.2) is 56.8 Å². The maximum atomic E-state index is 12.5. The van der Waals surface area contributed by atoms with E-state index in [0.29, 0.717) is 18.0 Å². The molecule has 0 saturated heterocycles. The molecule has 0 saturated carbocycles. The molecule has 7 heteroatoms. The molecule has 1 rings (SSSR count). The van der Waals surface area contributed by atoms with Crippen molar-refractivity contribution in [3.8, 4) is 0 Å². The van der Waals surface area contributed by atoms with Crippen LogP contribution in [-0.2, 0) is 14.8 Å². The molecule has 1 aromatic rings. The van der Waals surface area contributed by atoms with Gasteiger partial charge in [0, 0.05) is 32.7 Å².